The molecule has 0 spiro atoms. The summed E-state index contributed by atoms with van der Waals surface area (Å²) in [5.41, 5.74) is 0.496. The van der Waals surface area contributed by atoms with Crippen LogP contribution in [0.5, 0.6) is 0 Å². The van der Waals surface area contributed by atoms with Gasteiger partial charge in [0.15, 0.2) is 0 Å². The first-order valence-corrected chi connectivity index (χ1v) is 5.74. The highest BCUT2D eigenvalue weighted by atomic mass is 19.1. The molecule has 0 aromatic heterocycles. The molecule has 0 unspecified atom stereocenters. The van der Waals surface area contributed by atoms with Crippen LogP contribution in [0.2, 0.25) is 0 Å². The molecule has 1 aromatic rings. The molecule has 1 aliphatic carbocycles. The summed E-state index contributed by atoms with van der Waals surface area (Å²) in [5, 5.41) is 13.8. The van der Waals surface area contributed by atoms with E-state index < -0.39 is 10.7 Å². The van der Waals surface area contributed by atoms with Crippen LogP contribution in [0, 0.1) is 21.3 Å². The molecule has 0 aliphatic heterocycles. The number of anilines is 1. The standard InChI is InChI=1S/C12H15FN2O2/c1-2-12(5-6-12)8-14-10-4-3-9(13)7-11(10)15(16)17/h3-4,7,14H,2,5-6,8H2,1H3. The van der Waals surface area contributed by atoms with E-state index in [1.165, 1.54) is 12.1 Å². The Morgan fingerprint density at radius 1 is 1.53 bits per heavy atom. The normalized spacial score (nSPS) is 16.6. The number of hydrogen-bond acceptors (Lipinski definition) is 3. The molecule has 0 radical (unpaired) electrons. The highest BCUT2D eigenvalue weighted by Gasteiger charge is 2.40. The van der Waals surface area contributed by atoms with E-state index in [0.29, 0.717) is 11.1 Å². The summed E-state index contributed by atoms with van der Waals surface area (Å²) in [6.07, 6.45) is 3.38. The number of hydrogen-bond donors (Lipinski definition) is 1. The molecular weight excluding hydrogens is 223 g/mol. The SMILES string of the molecule is CCC1(CNc2ccc(F)cc2[N+](=O)[O-])CC1. The third-order valence-electron chi connectivity index (χ3n) is 3.52. The van der Waals surface area contributed by atoms with Crippen LogP contribution in [-0.4, -0.2) is 11.5 Å². The van der Waals surface area contributed by atoms with Gasteiger partial charge < -0.3 is 5.32 Å². The van der Waals surface area contributed by atoms with Gasteiger partial charge in [0.2, 0.25) is 0 Å². The third-order valence-corrected chi connectivity index (χ3v) is 3.52. The fraction of sp³-hybridized carbons (Fsp3) is 0.500. The van der Waals surface area contributed by atoms with Crippen molar-refractivity contribution in [1.82, 2.24) is 0 Å². The zero-order chi connectivity index (χ0) is 12.5. The molecule has 0 atom stereocenters. The van der Waals surface area contributed by atoms with Crippen LogP contribution in [0.15, 0.2) is 18.2 Å². The van der Waals surface area contributed by atoms with Gasteiger partial charge in [0.05, 0.1) is 11.0 Å². The van der Waals surface area contributed by atoms with Gasteiger partial charge in [0.1, 0.15) is 11.5 Å². The van der Waals surface area contributed by atoms with Crippen molar-refractivity contribution in [2.45, 2.75) is 26.2 Å². The van der Waals surface area contributed by atoms with Crippen LogP contribution in [-0.2, 0) is 0 Å². The van der Waals surface area contributed by atoms with Gasteiger partial charge in [0, 0.05) is 6.54 Å². The predicted octanol–water partition coefficient (Wildman–Crippen LogP) is 3.34. The Hall–Kier alpha value is -1.65. The molecule has 5 heteroatoms. The summed E-state index contributed by atoms with van der Waals surface area (Å²) in [5.74, 6) is -0.584. The molecule has 0 bridgehead atoms. The first-order chi connectivity index (χ1) is 8.06. The minimum absolute atomic E-state index is 0.197. The highest BCUT2D eigenvalue weighted by molar-refractivity contribution is 5.61. The van der Waals surface area contributed by atoms with Gasteiger partial charge in [-0.25, -0.2) is 4.39 Å². The Kier molecular flexibility index (Phi) is 3.00. The van der Waals surface area contributed by atoms with Gasteiger partial charge in [-0.05, 0) is 36.8 Å². The minimum atomic E-state index is -0.584. The Morgan fingerprint density at radius 2 is 2.24 bits per heavy atom. The molecule has 1 aromatic carbocycles. The highest BCUT2D eigenvalue weighted by Crippen LogP contribution is 2.48. The second kappa shape index (κ2) is 4.31. The number of nitrogens with one attached hydrogen (secondary N) is 1. The molecule has 0 saturated heterocycles. The maximum atomic E-state index is 12.9. The monoisotopic (exact) mass is 238 g/mol. The molecule has 1 aliphatic rings. The maximum absolute atomic E-state index is 12.9. The van der Waals surface area contributed by atoms with Crippen molar-refractivity contribution >= 4 is 11.4 Å². The average molecular weight is 238 g/mol. The van der Waals surface area contributed by atoms with Crippen molar-refractivity contribution in [3.63, 3.8) is 0 Å². The van der Waals surface area contributed by atoms with Gasteiger partial charge >= 0.3 is 0 Å². The average Bonchev–Trinajstić information content (AvgIpc) is 3.08. The van der Waals surface area contributed by atoms with Crippen molar-refractivity contribution in [3.05, 3.63) is 34.1 Å². The zero-order valence-corrected chi connectivity index (χ0v) is 9.70. The minimum Gasteiger partial charge on any atom is -0.379 e. The number of nitro groups is 1. The van der Waals surface area contributed by atoms with Gasteiger partial charge in [-0.1, -0.05) is 6.92 Å². The Labute approximate surface area is 99.0 Å². The molecule has 17 heavy (non-hydrogen) atoms. The Bertz CT molecular complexity index is 444. The second-order valence-electron chi connectivity index (χ2n) is 4.63. The predicted molar refractivity (Wildman–Crippen MR) is 63.5 cm³/mol. The number of rotatable bonds is 5. The van der Waals surface area contributed by atoms with Gasteiger partial charge in [0.25, 0.3) is 5.69 Å². The lowest BCUT2D eigenvalue weighted by Gasteiger charge is -2.14. The topological polar surface area (TPSA) is 55.2 Å². The number of benzene rings is 1. The van der Waals surface area contributed by atoms with E-state index in [0.717, 1.165) is 31.9 Å². The summed E-state index contributed by atoms with van der Waals surface area (Å²) >= 11 is 0. The Balaban J connectivity index is 2.12. The smallest absolute Gasteiger partial charge is 0.295 e. The van der Waals surface area contributed by atoms with Crippen molar-refractivity contribution in [2.75, 3.05) is 11.9 Å². The summed E-state index contributed by atoms with van der Waals surface area (Å²) in [6.45, 7) is 2.84. The lowest BCUT2D eigenvalue weighted by atomic mass is 10.0. The first-order valence-electron chi connectivity index (χ1n) is 5.74. The largest absolute Gasteiger partial charge is 0.379 e. The lowest BCUT2D eigenvalue weighted by molar-refractivity contribution is -0.384. The van der Waals surface area contributed by atoms with E-state index in [-0.39, 0.29) is 5.69 Å². The van der Waals surface area contributed by atoms with E-state index in [1.807, 2.05) is 0 Å². The van der Waals surface area contributed by atoms with Crippen LogP contribution in [0.1, 0.15) is 26.2 Å². The number of halogens is 1. The molecule has 4 nitrogen and oxygen atoms in total. The quantitative estimate of drug-likeness (QED) is 0.632. The van der Waals surface area contributed by atoms with E-state index in [4.69, 9.17) is 0 Å². The van der Waals surface area contributed by atoms with E-state index in [2.05, 4.69) is 12.2 Å². The molecule has 92 valence electrons. The summed E-state index contributed by atoms with van der Waals surface area (Å²) in [6, 6.07) is 3.62. The molecule has 0 amide bonds. The molecule has 1 N–H and O–H groups in total. The Morgan fingerprint density at radius 3 is 2.76 bits per heavy atom. The lowest BCUT2D eigenvalue weighted by Crippen LogP contribution is -2.15. The van der Waals surface area contributed by atoms with Gasteiger partial charge in [-0.2, -0.15) is 0 Å². The van der Waals surface area contributed by atoms with Crippen LogP contribution in [0.25, 0.3) is 0 Å². The van der Waals surface area contributed by atoms with Crippen molar-refractivity contribution in [1.29, 1.82) is 0 Å². The van der Waals surface area contributed by atoms with E-state index in [1.54, 1.807) is 0 Å². The summed E-state index contributed by atoms with van der Waals surface area (Å²) in [7, 11) is 0. The van der Waals surface area contributed by atoms with Crippen LogP contribution >= 0.6 is 0 Å². The van der Waals surface area contributed by atoms with Gasteiger partial charge in [-0.15, -0.1) is 0 Å². The molecule has 1 saturated carbocycles. The van der Waals surface area contributed by atoms with Gasteiger partial charge in [-0.3, -0.25) is 10.1 Å². The first kappa shape index (κ1) is 11.8. The van der Waals surface area contributed by atoms with Crippen molar-refractivity contribution in [2.24, 2.45) is 5.41 Å². The number of nitrogens with zero attached hydrogens (tertiary/aromatic N) is 1. The molecule has 2 rings (SSSR count). The maximum Gasteiger partial charge on any atom is 0.295 e. The summed E-state index contributed by atoms with van der Waals surface area (Å²) in [4.78, 5) is 10.2. The fourth-order valence-corrected chi connectivity index (χ4v) is 1.92. The zero-order valence-electron chi connectivity index (χ0n) is 9.70. The van der Waals surface area contributed by atoms with Crippen molar-refractivity contribution in [3.8, 4) is 0 Å². The molecular formula is C12H15FN2O2. The van der Waals surface area contributed by atoms with Crippen molar-refractivity contribution < 1.29 is 9.31 Å². The summed E-state index contributed by atoms with van der Waals surface area (Å²) < 4.78 is 12.9. The van der Waals surface area contributed by atoms with Crippen LogP contribution in [0.3, 0.4) is 0 Å². The second-order valence-corrected chi connectivity index (χ2v) is 4.63. The number of nitro benzene ring substituents is 1. The van der Waals surface area contributed by atoms with E-state index in [9.17, 15) is 14.5 Å². The third kappa shape index (κ3) is 2.54. The fourth-order valence-electron chi connectivity index (χ4n) is 1.92. The molecule has 0 heterocycles. The van der Waals surface area contributed by atoms with E-state index >= 15 is 0 Å². The van der Waals surface area contributed by atoms with Crippen LogP contribution < -0.4 is 5.32 Å². The molecule has 1 fully saturated rings. The van der Waals surface area contributed by atoms with Crippen LogP contribution in [0.4, 0.5) is 15.8 Å².